The van der Waals surface area contributed by atoms with Gasteiger partial charge in [0.1, 0.15) is 0 Å². The van der Waals surface area contributed by atoms with Crippen molar-refractivity contribution >= 4 is 17.7 Å². The predicted octanol–water partition coefficient (Wildman–Crippen LogP) is 3.47. The maximum Gasteiger partial charge on any atom is 0.255 e. The Balaban J connectivity index is 2.01. The monoisotopic (exact) mass is 316 g/mol. The van der Waals surface area contributed by atoms with Crippen LogP contribution in [0.3, 0.4) is 0 Å². The van der Waals surface area contributed by atoms with E-state index in [2.05, 4.69) is 17.1 Å². The molecule has 1 aromatic heterocycles. The summed E-state index contributed by atoms with van der Waals surface area (Å²) in [6.45, 7) is 3.03. The molecule has 0 aliphatic carbocycles. The van der Waals surface area contributed by atoms with Crippen LogP contribution in [0.4, 0.5) is 0 Å². The molecule has 4 nitrogen and oxygen atoms in total. The van der Waals surface area contributed by atoms with E-state index in [0.717, 1.165) is 5.56 Å². The van der Waals surface area contributed by atoms with E-state index in [9.17, 15) is 4.79 Å². The number of rotatable bonds is 6. The second-order valence-electron chi connectivity index (χ2n) is 4.83. The third-order valence-corrected chi connectivity index (χ3v) is 3.94. The van der Waals surface area contributed by atoms with Crippen LogP contribution >= 0.6 is 11.8 Å². The molecule has 0 bridgehead atoms. The van der Waals surface area contributed by atoms with Gasteiger partial charge in [0.15, 0.2) is 0 Å². The summed E-state index contributed by atoms with van der Waals surface area (Å²) in [5, 5.41) is 0. The first-order valence-electron chi connectivity index (χ1n) is 7.11. The molecule has 0 aliphatic rings. The molecule has 22 heavy (non-hydrogen) atoms. The van der Waals surface area contributed by atoms with Crippen molar-refractivity contribution in [2.45, 2.75) is 18.4 Å². The number of benzene rings is 1. The van der Waals surface area contributed by atoms with Gasteiger partial charge in [-0.15, -0.1) is 11.8 Å². The van der Waals surface area contributed by atoms with E-state index in [0.29, 0.717) is 24.6 Å². The maximum atomic E-state index is 12.4. The predicted molar refractivity (Wildman–Crippen MR) is 89.4 cm³/mol. The number of hydrogen-bond donors (Lipinski definition) is 0. The molecule has 0 saturated carbocycles. The zero-order valence-corrected chi connectivity index (χ0v) is 13.9. The third-order valence-electron chi connectivity index (χ3n) is 3.20. The summed E-state index contributed by atoms with van der Waals surface area (Å²) in [6.07, 6.45) is 3.60. The minimum atomic E-state index is -0.0514. The summed E-state index contributed by atoms with van der Waals surface area (Å²) < 4.78 is 5.28. The van der Waals surface area contributed by atoms with Gasteiger partial charge in [0.25, 0.3) is 5.91 Å². The van der Waals surface area contributed by atoms with Crippen LogP contribution in [0.25, 0.3) is 0 Å². The Morgan fingerprint density at radius 3 is 2.50 bits per heavy atom. The molecule has 0 radical (unpaired) electrons. The Morgan fingerprint density at radius 2 is 1.95 bits per heavy atom. The molecule has 0 atom stereocenters. The van der Waals surface area contributed by atoms with Crippen molar-refractivity contribution in [2.24, 2.45) is 0 Å². The van der Waals surface area contributed by atoms with Crippen molar-refractivity contribution in [3.05, 3.63) is 53.7 Å². The number of thioether (sulfide) groups is 1. The van der Waals surface area contributed by atoms with Gasteiger partial charge in [-0.3, -0.25) is 4.79 Å². The van der Waals surface area contributed by atoms with Gasteiger partial charge < -0.3 is 9.64 Å². The lowest BCUT2D eigenvalue weighted by atomic mass is 10.2. The topological polar surface area (TPSA) is 42.4 Å². The van der Waals surface area contributed by atoms with Gasteiger partial charge in [-0.05, 0) is 36.9 Å². The summed E-state index contributed by atoms with van der Waals surface area (Å²) in [4.78, 5) is 19.4. The highest BCUT2D eigenvalue weighted by molar-refractivity contribution is 7.98. The van der Waals surface area contributed by atoms with Gasteiger partial charge in [0.05, 0.1) is 12.2 Å². The number of nitrogens with zero attached hydrogens (tertiary/aromatic N) is 2. The zero-order chi connectivity index (χ0) is 15.9. The van der Waals surface area contributed by atoms with E-state index in [1.54, 1.807) is 42.0 Å². The van der Waals surface area contributed by atoms with Crippen LogP contribution in [0, 0.1) is 0 Å². The van der Waals surface area contributed by atoms with Crippen LogP contribution in [0.1, 0.15) is 22.8 Å². The average molecular weight is 316 g/mol. The minimum Gasteiger partial charge on any atom is -0.478 e. The zero-order valence-electron chi connectivity index (χ0n) is 13.1. The van der Waals surface area contributed by atoms with Crippen LogP contribution < -0.4 is 4.74 Å². The first kappa shape index (κ1) is 16.4. The fourth-order valence-corrected chi connectivity index (χ4v) is 2.45. The lowest BCUT2D eigenvalue weighted by molar-refractivity contribution is 0.0784. The molecule has 5 heteroatoms. The molecule has 0 saturated heterocycles. The Labute approximate surface area is 135 Å². The molecular formula is C17H20N2O2S. The molecule has 0 unspecified atom stereocenters. The molecule has 2 aromatic rings. The van der Waals surface area contributed by atoms with E-state index in [1.807, 2.05) is 25.3 Å². The van der Waals surface area contributed by atoms with Crippen molar-refractivity contribution in [1.29, 1.82) is 0 Å². The van der Waals surface area contributed by atoms with E-state index in [-0.39, 0.29) is 5.91 Å². The summed E-state index contributed by atoms with van der Waals surface area (Å²) in [7, 11) is 1.79. The number of hydrogen-bond acceptors (Lipinski definition) is 4. The average Bonchev–Trinajstić information content (AvgIpc) is 2.56. The summed E-state index contributed by atoms with van der Waals surface area (Å²) in [5.74, 6) is 0.485. The molecule has 1 heterocycles. The molecule has 2 rings (SSSR count). The van der Waals surface area contributed by atoms with E-state index in [1.165, 1.54) is 4.90 Å². The minimum absolute atomic E-state index is 0.0514. The number of aromatic nitrogens is 1. The SMILES string of the molecule is CCOc1ccc(C(=O)N(C)Cc2ccc(SC)cc2)cn1. The third kappa shape index (κ3) is 4.24. The van der Waals surface area contributed by atoms with E-state index >= 15 is 0 Å². The van der Waals surface area contributed by atoms with Gasteiger partial charge >= 0.3 is 0 Å². The Kier molecular flexibility index (Phi) is 5.83. The fraction of sp³-hybridized carbons (Fsp3) is 0.294. The normalized spacial score (nSPS) is 10.3. The van der Waals surface area contributed by atoms with Crippen molar-refractivity contribution in [2.75, 3.05) is 19.9 Å². The van der Waals surface area contributed by atoms with Gasteiger partial charge in [-0.25, -0.2) is 4.98 Å². The standard InChI is InChI=1S/C17H20N2O2S/c1-4-21-16-10-7-14(11-18-16)17(20)19(2)12-13-5-8-15(22-3)9-6-13/h5-11H,4,12H2,1-3H3. The van der Waals surface area contributed by atoms with Gasteiger partial charge in [0.2, 0.25) is 5.88 Å². The van der Waals surface area contributed by atoms with E-state index < -0.39 is 0 Å². The fourth-order valence-electron chi connectivity index (χ4n) is 2.04. The van der Waals surface area contributed by atoms with Gasteiger partial charge in [-0.2, -0.15) is 0 Å². The number of carbonyl (C=O) groups is 1. The van der Waals surface area contributed by atoms with Crippen molar-refractivity contribution < 1.29 is 9.53 Å². The largest absolute Gasteiger partial charge is 0.478 e. The molecule has 1 amide bonds. The molecule has 0 fully saturated rings. The molecule has 0 N–H and O–H groups in total. The van der Waals surface area contributed by atoms with Crippen molar-refractivity contribution in [3.8, 4) is 5.88 Å². The van der Waals surface area contributed by atoms with Crippen LogP contribution in [0.2, 0.25) is 0 Å². The lowest BCUT2D eigenvalue weighted by Gasteiger charge is -2.17. The Morgan fingerprint density at radius 1 is 1.23 bits per heavy atom. The van der Waals surface area contributed by atoms with Crippen LogP contribution in [-0.4, -0.2) is 35.7 Å². The van der Waals surface area contributed by atoms with Gasteiger partial charge in [-0.1, -0.05) is 12.1 Å². The Hall–Kier alpha value is -2.01. The van der Waals surface area contributed by atoms with Crippen LogP contribution in [-0.2, 0) is 6.54 Å². The summed E-state index contributed by atoms with van der Waals surface area (Å²) >= 11 is 1.70. The first-order chi connectivity index (χ1) is 10.6. The van der Waals surface area contributed by atoms with Crippen LogP contribution in [0.5, 0.6) is 5.88 Å². The van der Waals surface area contributed by atoms with E-state index in [4.69, 9.17) is 4.74 Å². The van der Waals surface area contributed by atoms with Crippen LogP contribution in [0.15, 0.2) is 47.5 Å². The molecule has 1 aromatic carbocycles. The van der Waals surface area contributed by atoms with Crippen molar-refractivity contribution in [3.63, 3.8) is 0 Å². The number of pyridine rings is 1. The second kappa shape index (κ2) is 7.84. The first-order valence-corrected chi connectivity index (χ1v) is 8.33. The quantitative estimate of drug-likeness (QED) is 0.765. The summed E-state index contributed by atoms with van der Waals surface area (Å²) in [6, 6.07) is 11.7. The second-order valence-corrected chi connectivity index (χ2v) is 5.71. The molecule has 0 aliphatic heterocycles. The highest BCUT2D eigenvalue weighted by atomic mass is 32.2. The lowest BCUT2D eigenvalue weighted by Crippen LogP contribution is -2.26. The summed E-state index contributed by atoms with van der Waals surface area (Å²) in [5.41, 5.74) is 1.67. The number of carbonyl (C=O) groups excluding carboxylic acids is 1. The maximum absolute atomic E-state index is 12.4. The molecular weight excluding hydrogens is 296 g/mol. The highest BCUT2D eigenvalue weighted by Crippen LogP contribution is 2.16. The smallest absolute Gasteiger partial charge is 0.255 e. The number of ether oxygens (including phenoxy) is 1. The highest BCUT2D eigenvalue weighted by Gasteiger charge is 2.12. The molecule has 116 valence electrons. The molecule has 0 spiro atoms. The van der Waals surface area contributed by atoms with Crippen molar-refractivity contribution in [1.82, 2.24) is 9.88 Å². The Bertz CT molecular complexity index is 612. The number of amides is 1. The van der Waals surface area contributed by atoms with Gasteiger partial charge in [0, 0.05) is 30.8 Å².